The van der Waals surface area contributed by atoms with Gasteiger partial charge in [0.25, 0.3) is 11.5 Å². The van der Waals surface area contributed by atoms with Crippen molar-refractivity contribution in [2.24, 2.45) is 5.41 Å². The lowest BCUT2D eigenvalue weighted by molar-refractivity contribution is -0.136. The molecule has 4 aliphatic rings. The van der Waals surface area contributed by atoms with Gasteiger partial charge in [0.1, 0.15) is 6.04 Å². The lowest BCUT2D eigenvalue weighted by Crippen LogP contribution is -2.50. The van der Waals surface area contributed by atoms with Crippen molar-refractivity contribution in [3.05, 3.63) is 58.8 Å². The number of carbonyl (C=O) groups excluding carboxylic acids is 2. The first-order chi connectivity index (χ1) is 20.8. The molecular weight excluding hydrogens is 549 g/mol. The Kier molecular flexibility index (Phi) is 7.07. The molecular formula is C32H38FN7O3. The zero-order valence-corrected chi connectivity index (χ0v) is 24.3. The van der Waals surface area contributed by atoms with Crippen molar-refractivity contribution in [3.8, 4) is 0 Å². The molecule has 1 spiro atoms. The SMILES string of the molecule is Nc1ccc(N2CCN(C3CCC4(CCN(c5ccc6c(=O)n(C7CCC(=O)NC7=O)nc(F)c6c5)CC4)C3)CC2)cc1. The van der Waals surface area contributed by atoms with E-state index in [0.717, 1.165) is 68.2 Å². The number of aromatic nitrogens is 2. The van der Waals surface area contributed by atoms with Gasteiger partial charge in [-0.2, -0.15) is 4.39 Å². The van der Waals surface area contributed by atoms with Gasteiger partial charge in [0, 0.05) is 74.2 Å². The minimum absolute atomic E-state index is 0.0848. The van der Waals surface area contributed by atoms with Gasteiger partial charge in [0.05, 0.1) is 5.39 Å². The highest BCUT2D eigenvalue weighted by Gasteiger charge is 2.43. The minimum atomic E-state index is -0.995. The number of rotatable bonds is 4. The van der Waals surface area contributed by atoms with Crippen molar-refractivity contribution >= 4 is 39.6 Å². The van der Waals surface area contributed by atoms with E-state index in [-0.39, 0.29) is 23.6 Å². The summed E-state index contributed by atoms with van der Waals surface area (Å²) in [5, 5.41) is 6.41. The summed E-state index contributed by atoms with van der Waals surface area (Å²) in [6.45, 7) is 6.02. The molecule has 1 aliphatic carbocycles. The summed E-state index contributed by atoms with van der Waals surface area (Å²) < 4.78 is 16.1. The number of nitrogens with two attached hydrogens (primary N) is 1. The summed E-state index contributed by atoms with van der Waals surface area (Å²) in [6.07, 6.45) is 6.14. The molecule has 43 heavy (non-hydrogen) atoms. The van der Waals surface area contributed by atoms with Crippen molar-refractivity contribution in [2.75, 3.05) is 54.8 Å². The smallest absolute Gasteiger partial charge is 0.275 e. The molecule has 2 unspecified atom stereocenters. The summed E-state index contributed by atoms with van der Waals surface area (Å²) in [5.41, 5.74) is 8.61. The molecule has 3 aliphatic heterocycles. The molecule has 4 fully saturated rings. The monoisotopic (exact) mass is 587 g/mol. The van der Waals surface area contributed by atoms with E-state index in [1.54, 1.807) is 12.1 Å². The maximum Gasteiger partial charge on any atom is 0.275 e. The molecule has 3 saturated heterocycles. The fraction of sp³-hybridized carbons (Fsp3) is 0.500. The highest BCUT2D eigenvalue weighted by atomic mass is 19.1. The number of benzene rings is 2. The molecule has 2 aromatic carbocycles. The van der Waals surface area contributed by atoms with E-state index in [4.69, 9.17) is 5.73 Å². The molecule has 1 saturated carbocycles. The zero-order chi connectivity index (χ0) is 29.7. The number of fused-ring (bicyclic) bond motifs is 1. The normalized spacial score (nSPS) is 24.6. The van der Waals surface area contributed by atoms with Crippen molar-refractivity contribution in [1.82, 2.24) is 20.0 Å². The molecule has 4 heterocycles. The van der Waals surface area contributed by atoms with Crippen LogP contribution in [0.1, 0.15) is 51.0 Å². The molecule has 2 amide bonds. The highest BCUT2D eigenvalue weighted by Crippen LogP contribution is 2.48. The highest BCUT2D eigenvalue weighted by molar-refractivity contribution is 5.99. The molecule has 0 bridgehead atoms. The van der Waals surface area contributed by atoms with Gasteiger partial charge >= 0.3 is 0 Å². The Labute approximate surface area is 249 Å². The predicted octanol–water partition coefficient (Wildman–Crippen LogP) is 3.06. The number of nitrogen functional groups attached to an aromatic ring is 1. The van der Waals surface area contributed by atoms with E-state index in [0.29, 0.717) is 11.5 Å². The van der Waals surface area contributed by atoms with Gasteiger partial charge in [0.2, 0.25) is 11.9 Å². The Morgan fingerprint density at radius 2 is 1.53 bits per heavy atom. The molecule has 11 heteroatoms. The molecule has 3 aromatic rings. The maximum atomic E-state index is 15.2. The number of hydrogen-bond acceptors (Lipinski definition) is 8. The number of carbonyl (C=O) groups is 2. The van der Waals surface area contributed by atoms with Gasteiger partial charge in [-0.1, -0.05) is 0 Å². The van der Waals surface area contributed by atoms with E-state index in [9.17, 15) is 14.4 Å². The summed E-state index contributed by atoms with van der Waals surface area (Å²) in [4.78, 5) is 44.4. The number of anilines is 3. The minimum Gasteiger partial charge on any atom is -0.399 e. The van der Waals surface area contributed by atoms with Crippen LogP contribution in [0.25, 0.3) is 10.8 Å². The number of hydrogen-bond donors (Lipinski definition) is 2. The van der Waals surface area contributed by atoms with E-state index < -0.39 is 29.4 Å². The van der Waals surface area contributed by atoms with Crippen LogP contribution < -0.4 is 26.4 Å². The van der Waals surface area contributed by atoms with Gasteiger partial charge in [0.15, 0.2) is 0 Å². The number of amides is 2. The fourth-order valence-corrected chi connectivity index (χ4v) is 7.74. The number of nitrogens with zero attached hydrogens (tertiary/aromatic N) is 5. The van der Waals surface area contributed by atoms with Crippen LogP contribution in [0.15, 0.2) is 47.3 Å². The van der Waals surface area contributed by atoms with E-state index in [1.165, 1.54) is 24.9 Å². The Bertz CT molecular complexity index is 1610. The number of nitrogens with one attached hydrogen (secondary N) is 1. The average molecular weight is 588 g/mol. The van der Waals surface area contributed by atoms with Gasteiger partial charge < -0.3 is 15.5 Å². The first-order valence-electron chi connectivity index (χ1n) is 15.4. The van der Waals surface area contributed by atoms with Crippen LogP contribution in [0, 0.1) is 11.4 Å². The summed E-state index contributed by atoms with van der Waals surface area (Å²) >= 11 is 0. The largest absolute Gasteiger partial charge is 0.399 e. The summed E-state index contributed by atoms with van der Waals surface area (Å²) in [5.74, 6) is -1.81. The van der Waals surface area contributed by atoms with E-state index in [2.05, 4.69) is 37.2 Å². The second-order valence-electron chi connectivity index (χ2n) is 12.7. The quantitative estimate of drug-likeness (QED) is 0.354. The lowest BCUT2D eigenvalue weighted by Gasteiger charge is -2.42. The number of piperazine rings is 1. The molecule has 0 radical (unpaired) electrons. The Morgan fingerprint density at radius 1 is 0.837 bits per heavy atom. The van der Waals surface area contributed by atoms with Crippen molar-refractivity contribution in [3.63, 3.8) is 0 Å². The lowest BCUT2D eigenvalue weighted by atomic mass is 9.76. The van der Waals surface area contributed by atoms with Crippen molar-refractivity contribution in [1.29, 1.82) is 0 Å². The fourth-order valence-electron chi connectivity index (χ4n) is 7.74. The van der Waals surface area contributed by atoms with Crippen LogP contribution in [0.5, 0.6) is 0 Å². The van der Waals surface area contributed by atoms with E-state index >= 15 is 4.39 Å². The second kappa shape index (κ2) is 10.9. The van der Waals surface area contributed by atoms with Gasteiger partial charge in [-0.05, 0) is 86.4 Å². The molecule has 226 valence electrons. The topological polar surface area (TPSA) is 117 Å². The van der Waals surface area contributed by atoms with Crippen molar-refractivity contribution in [2.45, 2.75) is 57.0 Å². The Morgan fingerprint density at radius 3 is 2.26 bits per heavy atom. The molecule has 2 atom stereocenters. The third-order valence-electron chi connectivity index (χ3n) is 10.3. The van der Waals surface area contributed by atoms with Crippen LogP contribution >= 0.6 is 0 Å². The molecule has 3 N–H and O–H groups in total. The van der Waals surface area contributed by atoms with Crippen LogP contribution in [0.4, 0.5) is 21.5 Å². The van der Waals surface area contributed by atoms with Crippen LogP contribution in [0.3, 0.4) is 0 Å². The third kappa shape index (κ3) is 5.24. The van der Waals surface area contributed by atoms with Crippen molar-refractivity contribution < 1.29 is 14.0 Å². The third-order valence-corrected chi connectivity index (χ3v) is 10.3. The van der Waals surface area contributed by atoms with E-state index in [1.807, 2.05) is 18.2 Å². The van der Waals surface area contributed by atoms with Gasteiger partial charge in [-0.15, -0.1) is 5.10 Å². The van der Waals surface area contributed by atoms with Gasteiger partial charge in [-0.25, -0.2) is 4.68 Å². The molecule has 10 nitrogen and oxygen atoms in total. The maximum absolute atomic E-state index is 15.2. The summed E-state index contributed by atoms with van der Waals surface area (Å²) in [6, 6.07) is 13.0. The first-order valence-corrected chi connectivity index (χ1v) is 15.4. The number of piperidine rings is 2. The molecule has 7 rings (SSSR count). The molecule has 1 aromatic heterocycles. The van der Waals surface area contributed by atoms with Crippen LogP contribution in [-0.2, 0) is 9.59 Å². The Hall–Kier alpha value is -3.99. The first kappa shape index (κ1) is 27.8. The van der Waals surface area contributed by atoms with Gasteiger partial charge in [-0.3, -0.25) is 24.6 Å². The Balaban J connectivity index is 0.984. The second-order valence-corrected chi connectivity index (χ2v) is 12.7. The number of imide groups is 1. The van der Waals surface area contributed by atoms with Crippen LogP contribution in [-0.4, -0.2) is 71.8 Å². The number of halogens is 1. The summed E-state index contributed by atoms with van der Waals surface area (Å²) in [7, 11) is 0. The standard InChI is InChI=1S/C32H38FN7O3/c33-29-26-19-23(5-6-25(26)31(43)40(36-29)27-7-8-28(41)35-30(27)42)37-13-11-32(12-14-37)10-9-24(20-32)39-17-15-38(16-18-39)22-3-1-21(34)2-4-22/h1-6,19,24,27H,7-18,20,34H2,(H,35,41,42). The predicted molar refractivity (Wildman–Crippen MR) is 164 cm³/mol. The zero-order valence-electron chi connectivity index (χ0n) is 24.3. The van der Waals surface area contributed by atoms with Crippen LogP contribution in [0.2, 0.25) is 0 Å². The average Bonchev–Trinajstić information content (AvgIpc) is 3.43.